The maximum absolute atomic E-state index is 13.5. The number of hydrogen-bond acceptors (Lipinski definition) is 14. The number of benzene rings is 5. The summed E-state index contributed by atoms with van der Waals surface area (Å²) in [4.78, 5) is 27.0. The normalized spacial score (nSPS) is 12.0. The molecule has 0 aliphatic rings. The molecule has 0 spiro atoms. The molecule has 366 valence electrons. The van der Waals surface area contributed by atoms with Crippen LogP contribution in [0.5, 0.6) is 34.5 Å². The van der Waals surface area contributed by atoms with Crippen molar-refractivity contribution >= 4 is 52.7 Å². The highest BCUT2D eigenvalue weighted by atomic mass is 28.4. The summed E-state index contributed by atoms with van der Waals surface area (Å²) in [6.07, 6.45) is -1.99. The first-order valence-electron chi connectivity index (χ1n) is 22.6. The van der Waals surface area contributed by atoms with Crippen LogP contribution in [0.2, 0.25) is 0 Å². The number of nitrogens with two attached hydrogens (primary N) is 2. The van der Waals surface area contributed by atoms with Gasteiger partial charge in [-0.2, -0.15) is 0 Å². The Hall–Kier alpha value is -5.97. The highest BCUT2D eigenvalue weighted by Crippen LogP contribution is 2.39. The van der Waals surface area contributed by atoms with Gasteiger partial charge in [-0.05, 0) is 168 Å². The molecule has 2 amide bonds. The molecule has 0 bridgehead atoms. The van der Waals surface area contributed by atoms with Crippen molar-refractivity contribution in [3.8, 4) is 34.5 Å². The molecule has 0 atom stereocenters. The van der Waals surface area contributed by atoms with Crippen LogP contribution in [0, 0.1) is 0 Å². The van der Waals surface area contributed by atoms with Gasteiger partial charge in [-0.3, -0.25) is 9.59 Å². The van der Waals surface area contributed by atoms with Crippen molar-refractivity contribution in [1.29, 1.82) is 0 Å². The van der Waals surface area contributed by atoms with Crippen LogP contribution in [0.1, 0.15) is 104 Å². The van der Waals surface area contributed by atoms with Crippen molar-refractivity contribution in [3.63, 3.8) is 0 Å². The molecule has 5 rings (SSSR count). The molecule has 0 saturated carbocycles. The van der Waals surface area contributed by atoms with Crippen molar-refractivity contribution in [2.24, 2.45) is 0 Å². The topological polar surface area (TPSA) is 203 Å². The smallest absolute Gasteiger partial charge is 0.478 e. The zero-order chi connectivity index (χ0) is 49.8. The average Bonchev–Trinajstić information content (AvgIpc) is 3.21. The van der Waals surface area contributed by atoms with Gasteiger partial charge < -0.3 is 67.0 Å². The molecule has 0 unspecified atom stereocenters. The van der Waals surface area contributed by atoms with E-state index in [1.54, 1.807) is 109 Å². The van der Waals surface area contributed by atoms with Crippen LogP contribution >= 0.6 is 0 Å². The fourth-order valence-corrected chi connectivity index (χ4v) is 11.3. The molecule has 0 radical (unpaired) electrons. The molecule has 0 aliphatic heterocycles. The summed E-state index contributed by atoms with van der Waals surface area (Å²) in [5.41, 5.74) is 14.2. The minimum atomic E-state index is -3.94. The molecule has 0 aliphatic carbocycles. The zero-order valence-corrected chi connectivity index (χ0v) is 42.9. The lowest BCUT2D eigenvalue weighted by atomic mass is 10.2. The van der Waals surface area contributed by atoms with Crippen molar-refractivity contribution in [3.05, 3.63) is 120 Å². The number of nitrogen functional groups attached to an aromatic ring is 2. The first kappa shape index (κ1) is 53.0. The minimum Gasteiger partial charge on any atom is -0.478 e. The van der Waals surface area contributed by atoms with Gasteiger partial charge >= 0.3 is 18.1 Å². The molecule has 5 aromatic carbocycles. The van der Waals surface area contributed by atoms with Gasteiger partial charge in [-0.25, -0.2) is 0 Å². The molecule has 0 fully saturated rings. The van der Waals surface area contributed by atoms with E-state index in [0.717, 1.165) is 0 Å². The summed E-state index contributed by atoms with van der Waals surface area (Å²) < 4.78 is 64.0. The van der Waals surface area contributed by atoms with Crippen molar-refractivity contribution < 1.29 is 54.5 Å². The fourth-order valence-electron chi connectivity index (χ4n) is 6.35. The van der Waals surface area contributed by atoms with E-state index >= 15 is 0 Å². The van der Waals surface area contributed by atoms with E-state index in [1.807, 2.05) is 83.1 Å². The van der Waals surface area contributed by atoms with Crippen LogP contribution in [-0.2, 0) is 26.6 Å². The van der Waals surface area contributed by atoms with Gasteiger partial charge in [-0.1, -0.05) is 6.07 Å². The van der Waals surface area contributed by atoms with Crippen LogP contribution < -0.4 is 40.4 Å². The van der Waals surface area contributed by atoms with E-state index in [0.29, 0.717) is 56.9 Å². The first-order chi connectivity index (χ1) is 32.1. The quantitative estimate of drug-likeness (QED) is 0.0336. The summed E-state index contributed by atoms with van der Waals surface area (Å²) >= 11 is 0. The second-order valence-corrected chi connectivity index (χ2v) is 21.2. The summed E-state index contributed by atoms with van der Waals surface area (Å²) in [7, 11) is -7.88. The highest BCUT2D eigenvalue weighted by molar-refractivity contribution is 6.55. The average molecular weight is 971 g/mol. The van der Waals surface area contributed by atoms with E-state index in [4.69, 9.17) is 56.3 Å². The maximum Gasteiger partial charge on any atom is 0.750 e. The highest BCUT2D eigenvalue weighted by Gasteiger charge is 2.53. The number of rotatable bonds is 24. The van der Waals surface area contributed by atoms with E-state index in [2.05, 4.69) is 10.6 Å². The van der Waals surface area contributed by atoms with Crippen molar-refractivity contribution in [1.82, 2.24) is 0 Å². The number of anilines is 4. The summed E-state index contributed by atoms with van der Waals surface area (Å²) in [6, 6.07) is 30.0. The molecule has 68 heavy (non-hydrogen) atoms. The lowest BCUT2D eigenvalue weighted by molar-refractivity contribution is -0.0476. The predicted molar refractivity (Wildman–Crippen MR) is 267 cm³/mol. The standard InChI is InChI=1S/C50H66N4O12Si2/c1-31(2)59-67(60-32(3)4,61-33(5)6)65-47-29-43(24-26-45(47)53-49(55)37-16-20-39(51)21-17-37)57-41-14-13-15-42(28-41)58-44-25-27-46(54-50(56)38-18-22-40(52)23-19-38)48(30-44)66-68(62-34(7)8,63-35(9)10)64-36(11)12/h13-36H,51-52H2,1-12H3,(H,53,55)(H,54,56). The number of carbonyl (C=O) groups is 2. The third-order valence-corrected chi connectivity index (χ3v) is 14.3. The number of nitrogens with one attached hydrogen (secondary N) is 2. The first-order valence-corrected chi connectivity index (χ1v) is 25.9. The molecule has 0 aromatic heterocycles. The van der Waals surface area contributed by atoms with Crippen LogP contribution in [-0.4, -0.2) is 66.5 Å². The van der Waals surface area contributed by atoms with Gasteiger partial charge in [0.2, 0.25) is 0 Å². The third kappa shape index (κ3) is 16.1. The minimum absolute atomic E-state index is 0.187. The second kappa shape index (κ2) is 23.9. The molecule has 5 aromatic rings. The largest absolute Gasteiger partial charge is 0.750 e. The van der Waals surface area contributed by atoms with Gasteiger partial charge in [0.1, 0.15) is 34.5 Å². The Labute approximate surface area is 402 Å². The van der Waals surface area contributed by atoms with Crippen molar-refractivity contribution in [2.75, 3.05) is 22.1 Å². The third-order valence-electron chi connectivity index (χ3n) is 8.78. The molecule has 0 saturated heterocycles. The second-order valence-electron chi connectivity index (χ2n) is 17.4. The van der Waals surface area contributed by atoms with Gasteiger partial charge in [0.05, 0.1) is 11.4 Å². The Bertz CT molecular complexity index is 2220. The lowest BCUT2D eigenvalue weighted by Crippen LogP contribution is -2.56. The van der Waals surface area contributed by atoms with E-state index in [-0.39, 0.29) is 48.1 Å². The van der Waals surface area contributed by atoms with Gasteiger partial charge in [0.25, 0.3) is 11.8 Å². The number of carbonyl (C=O) groups excluding carboxylic acids is 2. The van der Waals surface area contributed by atoms with Gasteiger partial charge in [-0.15, -0.1) is 0 Å². The maximum atomic E-state index is 13.5. The van der Waals surface area contributed by atoms with E-state index in [9.17, 15) is 9.59 Å². The molecular formula is C50H66N4O12Si2. The molecule has 16 nitrogen and oxygen atoms in total. The Kier molecular flexibility index (Phi) is 18.6. The molecule has 0 heterocycles. The van der Waals surface area contributed by atoms with Gasteiger partial charge in [0, 0.05) is 77.3 Å². The Morgan fingerprint density at radius 1 is 0.412 bits per heavy atom. The van der Waals surface area contributed by atoms with Crippen LogP contribution in [0.3, 0.4) is 0 Å². The molecule has 18 heteroatoms. The number of ether oxygens (including phenoxy) is 2. The van der Waals surface area contributed by atoms with Gasteiger partial charge in [0.15, 0.2) is 0 Å². The summed E-state index contributed by atoms with van der Waals surface area (Å²) in [5, 5.41) is 5.89. The van der Waals surface area contributed by atoms with Crippen LogP contribution in [0.25, 0.3) is 0 Å². The number of hydrogen-bond donors (Lipinski definition) is 4. The van der Waals surface area contributed by atoms with Crippen molar-refractivity contribution in [2.45, 2.75) is 120 Å². The van der Waals surface area contributed by atoms with Crippen LogP contribution in [0.4, 0.5) is 22.7 Å². The zero-order valence-electron chi connectivity index (χ0n) is 40.9. The van der Waals surface area contributed by atoms with E-state index < -0.39 is 29.9 Å². The number of amides is 2. The Balaban J connectivity index is 1.50. The Morgan fingerprint density at radius 2 is 0.706 bits per heavy atom. The van der Waals surface area contributed by atoms with E-state index in [1.165, 1.54) is 0 Å². The lowest BCUT2D eigenvalue weighted by Gasteiger charge is -2.33. The monoisotopic (exact) mass is 970 g/mol. The Morgan fingerprint density at radius 3 is 1.00 bits per heavy atom. The molecule has 6 N–H and O–H groups in total. The summed E-state index contributed by atoms with van der Waals surface area (Å²) in [5.74, 6) is 1.09. The SMILES string of the molecule is CC(C)O[Si](Oc1cc(Oc2cccc(Oc3ccc(NC(=O)c4ccc(N)cc4)c(O[Si](OC(C)C)(OC(C)C)OC(C)C)c3)c2)ccc1NC(=O)c1ccc(N)cc1)(OC(C)C)OC(C)C. The fraction of sp³-hybridized carbons (Fsp3) is 0.360. The van der Waals surface area contributed by atoms with Crippen LogP contribution in [0.15, 0.2) is 109 Å². The predicted octanol–water partition coefficient (Wildman–Crippen LogP) is 11.1. The summed E-state index contributed by atoms with van der Waals surface area (Å²) in [6.45, 7) is 22.3. The molecular weight excluding hydrogens is 905 g/mol.